The molecule has 0 aliphatic rings. The number of rotatable bonds is 4. The third kappa shape index (κ3) is 2.45. The number of aromatic nitrogens is 4. The fourth-order valence-electron chi connectivity index (χ4n) is 1.53. The molecule has 84 valence electrons. The molecule has 0 saturated heterocycles. The smallest absolute Gasteiger partial charge is 0.182 e. The van der Waals surface area contributed by atoms with E-state index in [0.29, 0.717) is 5.92 Å². The topological polar surface area (TPSA) is 43.6 Å². The van der Waals surface area contributed by atoms with Gasteiger partial charge in [-0.2, -0.15) is 0 Å². The quantitative estimate of drug-likeness (QED) is 0.788. The second-order valence-electron chi connectivity index (χ2n) is 4.27. The van der Waals surface area contributed by atoms with Crippen molar-refractivity contribution in [2.45, 2.75) is 26.8 Å². The summed E-state index contributed by atoms with van der Waals surface area (Å²) in [6.45, 7) is 5.27. The number of benzene rings is 1. The lowest BCUT2D eigenvalue weighted by Gasteiger charge is -2.06. The summed E-state index contributed by atoms with van der Waals surface area (Å²) in [5.74, 6) is 1.51. The summed E-state index contributed by atoms with van der Waals surface area (Å²) in [5.41, 5.74) is 1.07. The normalized spacial score (nSPS) is 10.9. The average Bonchev–Trinajstić information content (AvgIpc) is 2.75. The summed E-state index contributed by atoms with van der Waals surface area (Å²) >= 11 is 0. The summed E-state index contributed by atoms with van der Waals surface area (Å²) in [6, 6.07) is 10.0. The van der Waals surface area contributed by atoms with Gasteiger partial charge in [0.2, 0.25) is 0 Å². The summed E-state index contributed by atoms with van der Waals surface area (Å²) in [7, 11) is 0. The Morgan fingerprint density at radius 3 is 2.62 bits per heavy atom. The van der Waals surface area contributed by atoms with Gasteiger partial charge in [0.15, 0.2) is 5.82 Å². The maximum atomic E-state index is 4.07. The van der Waals surface area contributed by atoms with Gasteiger partial charge in [-0.3, -0.25) is 0 Å². The van der Waals surface area contributed by atoms with Crippen molar-refractivity contribution in [3.05, 3.63) is 30.3 Å². The molecule has 2 aromatic rings. The first-order valence-electron chi connectivity index (χ1n) is 5.59. The zero-order valence-electron chi connectivity index (χ0n) is 9.67. The molecule has 0 aliphatic carbocycles. The minimum absolute atomic E-state index is 0.660. The van der Waals surface area contributed by atoms with E-state index in [0.717, 1.165) is 24.4 Å². The van der Waals surface area contributed by atoms with Crippen molar-refractivity contribution in [3.63, 3.8) is 0 Å². The van der Waals surface area contributed by atoms with Crippen LogP contribution in [-0.4, -0.2) is 20.2 Å². The van der Waals surface area contributed by atoms with Crippen molar-refractivity contribution in [1.29, 1.82) is 0 Å². The predicted octanol–water partition coefficient (Wildman–Crippen LogP) is 2.39. The van der Waals surface area contributed by atoms with E-state index in [4.69, 9.17) is 0 Å². The van der Waals surface area contributed by atoms with Crippen molar-refractivity contribution in [3.8, 4) is 11.4 Å². The molecule has 0 saturated carbocycles. The van der Waals surface area contributed by atoms with Crippen molar-refractivity contribution < 1.29 is 0 Å². The molecule has 1 heterocycles. The number of nitrogens with zero attached hydrogens (tertiary/aromatic N) is 4. The van der Waals surface area contributed by atoms with Crippen LogP contribution in [0.5, 0.6) is 0 Å². The molecule has 1 aromatic heterocycles. The first-order valence-corrected chi connectivity index (χ1v) is 5.59. The van der Waals surface area contributed by atoms with Crippen LogP contribution in [0.25, 0.3) is 11.4 Å². The van der Waals surface area contributed by atoms with E-state index in [1.165, 1.54) is 0 Å². The van der Waals surface area contributed by atoms with Gasteiger partial charge in [-0.1, -0.05) is 44.2 Å². The minimum Gasteiger partial charge on any atom is -0.225 e. The van der Waals surface area contributed by atoms with E-state index >= 15 is 0 Å². The second kappa shape index (κ2) is 4.88. The summed E-state index contributed by atoms with van der Waals surface area (Å²) in [4.78, 5) is 0. The third-order valence-corrected chi connectivity index (χ3v) is 2.48. The van der Waals surface area contributed by atoms with Crippen molar-refractivity contribution in [2.75, 3.05) is 0 Å². The molecule has 0 fully saturated rings. The summed E-state index contributed by atoms with van der Waals surface area (Å²) in [5, 5.41) is 11.8. The Morgan fingerprint density at radius 2 is 1.94 bits per heavy atom. The molecule has 0 bridgehead atoms. The molecule has 0 spiro atoms. The summed E-state index contributed by atoms with van der Waals surface area (Å²) in [6.07, 6.45) is 1.09. The molecule has 1 aromatic carbocycles. The maximum absolute atomic E-state index is 4.07. The van der Waals surface area contributed by atoms with Gasteiger partial charge in [0, 0.05) is 12.1 Å². The number of aryl methyl sites for hydroxylation is 1. The van der Waals surface area contributed by atoms with Crippen LogP contribution in [0.1, 0.15) is 20.3 Å². The van der Waals surface area contributed by atoms with Crippen LogP contribution in [0.4, 0.5) is 0 Å². The highest BCUT2D eigenvalue weighted by Gasteiger charge is 2.08. The van der Waals surface area contributed by atoms with Gasteiger partial charge in [-0.25, -0.2) is 4.68 Å². The molecule has 0 amide bonds. The average molecular weight is 216 g/mol. The molecule has 0 aliphatic heterocycles. The van der Waals surface area contributed by atoms with E-state index in [2.05, 4.69) is 29.4 Å². The van der Waals surface area contributed by atoms with Crippen LogP contribution in [0.2, 0.25) is 0 Å². The molecule has 4 nitrogen and oxygen atoms in total. The molecule has 16 heavy (non-hydrogen) atoms. The van der Waals surface area contributed by atoms with Gasteiger partial charge < -0.3 is 0 Å². The fourth-order valence-corrected chi connectivity index (χ4v) is 1.53. The number of hydrogen-bond acceptors (Lipinski definition) is 3. The Hall–Kier alpha value is -1.71. The van der Waals surface area contributed by atoms with E-state index in [1.54, 1.807) is 0 Å². The molecule has 0 atom stereocenters. The molecule has 4 heteroatoms. The highest BCUT2D eigenvalue weighted by Crippen LogP contribution is 2.15. The zero-order valence-corrected chi connectivity index (χ0v) is 9.67. The van der Waals surface area contributed by atoms with Crippen LogP contribution in [0, 0.1) is 5.92 Å². The van der Waals surface area contributed by atoms with Gasteiger partial charge in [0.1, 0.15) is 0 Å². The van der Waals surface area contributed by atoms with Gasteiger partial charge >= 0.3 is 0 Å². The second-order valence-corrected chi connectivity index (χ2v) is 4.27. The van der Waals surface area contributed by atoms with Gasteiger partial charge in [0.25, 0.3) is 0 Å². The zero-order chi connectivity index (χ0) is 11.4. The molecule has 0 radical (unpaired) electrons. The van der Waals surface area contributed by atoms with Crippen molar-refractivity contribution >= 4 is 0 Å². The van der Waals surface area contributed by atoms with Crippen LogP contribution < -0.4 is 0 Å². The molecule has 0 N–H and O–H groups in total. The monoisotopic (exact) mass is 216 g/mol. The van der Waals surface area contributed by atoms with Gasteiger partial charge in [-0.05, 0) is 22.8 Å². The first kappa shape index (κ1) is 10.8. The van der Waals surface area contributed by atoms with E-state index in [9.17, 15) is 0 Å². The van der Waals surface area contributed by atoms with Crippen LogP contribution in [0.15, 0.2) is 30.3 Å². The first-order chi connectivity index (χ1) is 7.77. The molecule has 2 rings (SSSR count). The van der Waals surface area contributed by atoms with Crippen molar-refractivity contribution in [2.24, 2.45) is 5.92 Å². The predicted molar refractivity (Wildman–Crippen MR) is 62.7 cm³/mol. The highest BCUT2D eigenvalue weighted by molar-refractivity contribution is 5.53. The van der Waals surface area contributed by atoms with E-state index in [-0.39, 0.29) is 0 Å². The van der Waals surface area contributed by atoms with Crippen molar-refractivity contribution in [1.82, 2.24) is 20.2 Å². The Bertz CT molecular complexity index is 433. The Morgan fingerprint density at radius 1 is 1.19 bits per heavy atom. The third-order valence-electron chi connectivity index (χ3n) is 2.48. The van der Waals surface area contributed by atoms with Crippen LogP contribution >= 0.6 is 0 Å². The van der Waals surface area contributed by atoms with Gasteiger partial charge in [-0.15, -0.1) is 5.10 Å². The van der Waals surface area contributed by atoms with E-state index < -0.39 is 0 Å². The van der Waals surface area contributed by atoms with Crippen LogP contribution in [0.3, 0.4) is 0 Å². The largest absolute Gasteiger partial charge is 0.225 e. The maximum Gasteiger partial charge on any atom is 0.182 e. The Kier molecular flexibility index (Phi) is 3.29. The summed E-state index contributed by atoms with van der Waals surface area (Å²) < 4.78 is 1.87. The molecule has 0 unspecified atom stereocenters. The number of tetrazole rings is 1. The van der Waals surface area contributed by atoms with Gasteiger partial charge in [0.05, 0.1) is 0 Å². The highest BCUT2D eigenvalue weighted by atomic mass is 15.5. The standard InChI is InChI=1S/C12H16N4/c1-10(2)8-9-16-12(13-14-15-16)11-6-4-3-5-7-11/h3-7,10H,8-9H2,1-2H3. The SMILES string of the molecule is CC(C)CCn1nnnc1-c1ccccc1. The lowest BCUT2D eigenvalue weighted by Crippen LogP contribution is -2.05. The lowest BCUT2D eigenvalue weighted by molar-refractivity contribution is 0.481. The Labute approximate surface area is 95.3 Å². The Balaban J connectivity index is 2.19. The molecular formula is C12H16N4. The fraction of sp³-hybridized carbons (Fsp3) is 0.417. The van der Waals surface area contributed by atoms with E-state index in [1.807, 2.05) is 35.0 Å². The minimum atomic E-state index is 0.660. The van der Waals surface area contributed by atoms with Crippen LogP contribution in [-0.2, 0) is 6.54 Å². The lowest BCUT2D eigenvalue weighted by atomic mass is 10.1. The number of hydrogen-bond donors (Lipinski definition) is 0. The molecular weight excluding hydrogens is 200 g/mol.